The Morgan fingerprint density at radius 3 is 2.70 bits per heavy atom. The second-order valence-corrected chi connectivity index (χ2v) is 5.27. The van der Waals surface area contributed by atoms with Crippen molar-refractivity contribution in [1.29, 1.82) is 0 Å². The number of nitrogens with one attached hydrogen (secondary N) is 1. The minimum absolute atomic E-state index is 0.382. The Kier molecular flexibility index (Phi) is 3.25. The van der Waals surface area contributed by atoms with Gasteiger partial charge >= 0.3 is 6.03 Å². The lowest BCUT2D eigenvalue weighted by Crippen LogP contribution is -2.41. The molecule has 0 aromatic heterocycles. The van der Waals surface area contributed by atoms with Crippen LogP contribution in [0.25, 0.3) is 0 Å². The van der Waals surface area contributed by atoms with Gasteiger partial charge in [0, 0.05) is 15.9 Å². The first-order chi connectivity index (χ1) is 9.74. The molecule has 3 N–H and O–H groups in total. The van der Waals surface area contributed by atoms with Gasteiger partial charge < -0.3 is 4.74 Å². The lowest BCUT2D eigenvalue weighted by Gasteiger charge is -2.30. The summed E-state index contributed by atoms with van der Waals surface area (Å²) in [5, 5.41) is 0. The number of methoxy groups -OCH3 is 1. The number of fused-ring (bicyclic) bond motifs is 2. The van der Waals surface area contributed by atoms with Crippen LogP contribution >= 0.6 is 11.8 Å². The van der Waals surface area contributed by atoms with Gasteiger partial charge in [-0.15, -0.1) is 0 Å². The first kappa shape index (κ1) is 12.8. The SMILES string of the molecule is COc1ccc2c(c1)N(C(=O)NN)c1ccccc1S2. The molecule has 0 saturated carbocycles. The van der Waals surface area contributed by atoms with E-state index in [9.17, 15) is 4.79 Å². The van der Waals surface area contributed by atoms with E-state index in [1.807, 2.05) is 42.5 Å². The predicted octanol–water partition coefficient (Wildman–Crippen LogP) is 2.88. The summed E-state index contributed by atoms with van der Waals surface area (Å²) >= 11 is 1.62. The third kappa shape index (κ3) is 1.99. The van der Waals surface area contributed by atoms with Gasteiger partial charge in [0.05, 0.1) is 18.5 Å². The second-order valence-electron chi connectivity index (χ2n) is 4.19. The minimum atomic E-state index is -0.382. The molecule has 1 aliphatic rings. The molecule has 2 amide bonds. The summed E-state index contributed by atoms with van der Waals surface area (Å²) in [7, 11) is 1.60. The van der Waals surface area contributed by atoms with E-state index in [2.05, 4.69) is 5.43 Å². The molecule has 6 heteroatoms. The van der Waals surface area contributed by atoms with Crippen LogP contribution in [0, 0.1) is 0 Å². The molecule has 1 aliphatic heterocycles. The zero-order valence-electron chi connectivity index (χ0n) is 10.8. The van der Waals surface area contributed by atoms with Crippen LogP contribution in [-0.2, 0) is 0 Å². The van der Waals surface area contributed by atoms with Crippen molar-refractivity contribution in [1.82, 2.24) is 5.43 Å². The number of carbonyl (C=O) groups is 1. The standard InChI is InChI=1S/C14H13N3O2S/c1-19-9-6-7-13-11(8-9)17(14(18)16-15)10-4-2-3-5-12(10)20-13/h2-8H,15H2,1H3,(H,16,18). The number of nitrogens with zero attached hydrogens (tertiary/aromatic N) is 1. The smallest absolute Gasteiger partial charge is 0.340 e. The van der Waals surface area contributed by atoms with Crippen molar-refractivity contribution < 1.29 is 9.53 Å². The third-order valence-electron chi connectivity index (χ3n) is 3.06. The van der Waals surface area contributed by atoms with Crippen molar-refractivity contribution in [2.75, 3.05) is 12.0 Å². The zero-order valence-corrected chi connectivity index (χ0v) is 11.6. The predicted molar refractivity (Wildman–Crippen MR) is 78.4 cm³/mol. The van der Waals surface area contributed by atoms with Crippen LogP contribution in [-0.4, -0.2) is 13.1 Å². The molecule has 2 aromatic rings. The Hall–Kier alpha value is -2.18. The molecular formula is C14H13N3O2S. The Labute approximate surface area is 120 Å². The summed E-state index contributed by atoms with van der Waals surface area (Å²) in [5.74, 6) is 6.00. The number of urea groups is 1. The fourth-order valence-electron chi connectivity index (χ4n) is 2.14. The highest BCUT2D eigenvalue weighted by Gasteiger charge is 2.28. The normalized spacial score (nSPS) is 12.4. The number of amides is 2. The largest absolute Gasteiger partial charge is 0.497 e. The van der Waals surface area contributed by atoms with Crippen molar-refractivity contribution >= 4 is 29.2 Å². The molecule has 3 rings (SSSR count). The molecule has 0 spiro atoms. The number of ether oxygens (including phenoxy) is 1. The van der Waals surface area contributed by atoms with Gasteiger partial charge in [-0.25, -0.2) is 10.6 Å². The maximum atomic E-state index is 12.1. The summed E-state index contributed by atoms with van der Waals surface area (Å²) in [6.07, 6.45) is 0. The monoisotopic (exact) mass is 287 g/mol. The van der Waals surface area contributed by atoms with Crippen molar-refractivity contribution in [2.45, 2.75) is 9.79 Å². The quantitative estimate of drug-likeness (QED) is 0.481. The third-order valence-corrected chi connectivity index (χ3v) is 4.19. The van der Waals surface area contributed by atoms with E-state index >= 15 is 0 Å². The average Bonchev–Trinajstić information content (AvgIpc) is 2.51. The van der Waals surface area contributed by atoms with Crippen LogP contribution in [0.2, 0.25) is 0 Å². The number of benzene rings is 2. The Bertz CT molecular complexity index is 675. The van der Waals surface area contributed by atoms with Gasteiger partial charge in [0.15, 0.2) is 0 Å². The van der Waals surface area contributed by atoms with Gasteiger partial charge in [-0.2, -0.15) is 0 Å². The van der Waals surface area contributed by atoms with Gasteiger partial charge in [0.25, 0.3) is 0 Å². The molecule has 0 unspecified atom stereocenters. The van der Waals surface area contributed by atoms with Gasteiger partial charge in [0.1, 0.15) is 5.75 Å². The van der Waals surface area contributed by atoms with Crippen molar-refractivity contribution in [2.24, 2.45) is 5.84 Å². The van der Waals surface area contributed by atoms with Crippen molar-refractivity contribution in [3.63, 3.8) is 0 Å². The summed E-state index contributed by atoms with van der Waals surface area (Å²) in [4.78, 5) is 15.7. The number of hydrogen-bond acceptors (Lipinski definition) is 4. The molecule has 0 radical (unpaired) electrons. The van der Waals surface area contributed by atoms with Crippen LogP contribution in [0.4, 0.5) is 16.2 Å². The van der Waals surface area contributed by atoms with Gasteiger partial charge in [-0.1, -0.05) is 23.9 Å². The highest BCUT2D eigenvalue weighted by molar-refractivity contribution is 7.99. The first-order valence-corrected chi connectivity index (χ1v) is 6.82. The van der Waals surface area contributed by atoms with Crippen LogP contribution in [0.15, 0.2) is 52.3 Å². The molecule has 1 heterocycles. The number of rotatable bonds is 1. The second kappa shape index (κ2) is 5.07. The number of hydrogen-bond donors (Lipinski definition) is 2. The summed E-state index contributed by atoms with van der Waals surface area (Å²) in [5.41, 5.74) is 3.76. The molecule has 0 atom stereocenters. The number of para-hydroxylation sites is 1. The first-order valence-electron chi connectivity index (χ1n) is 6.00. The van der Waals surface area contributed by atoms with Crippen molar-refractivity contribution in [3.05, 3.63) is 42.5 Å². The van der Waals surface area contributed by atoms with E-state index in [0.717, 1.165) is 21.2 Å². The molecule has 0 saturated heterocycles. The molecular weight excluding hydrogens is 274 g/mol. The van der Waals surface area contributed by atoms with Crippen LogP contribution in [0.3, 0.4) is 0 Å². The van der Waals surface area contributed by atoms with E-state index in [-0.39, 0.29) is 6.03 Å². The van der Waals surface area contributed by atoms with Crippen molar-refractivity contribution in [3.8, 4) is 5.75 Å². The fraction of sp³-hybridized carbons (Fsp3) is 0.0714. The van der Waals surface area contributed by atoms with E-state index in [4.69, 9.17) is 10.6 Å². The van der Waals surface area contributed by atoms with Crippen LogP contribution in [0.1, 0.15) is 0 Å². The van der Waals surface area contributed by atoms with E-state index in [0.29, 0.717) is 5.75 Å². The highest BCUT2D eigenvalue weighted by Crippen LogP contribution is 2.48. The molecule has 20 heavy (non-hydrogen) atoms. The van der Waals surface area contributed by atoms with E-state index < -0.39 is 0 Å². The van der Waals surface area contributed by atoms with Gasteiger partial charge in [-0.3, -0.25) is 10.3 Å². The molecule has 0 bridgehead atoms. The summed E-state index contributed by atoms with van der Waals surface area (Å²) in [6.45, 7) is 0. The lowest BCUT2D eigenvalue weighted by atomic mass is 10.2. The molecule has 0 fully saturated rings. The minimum Gasteiger partial charge on any atom is -0.497 e. The number of hydrazine groups is 1. The van der Waals surface area contributed by atoms with E-state index in [1.165, 1.54) is 0 Å². The zero-order chi connectivity index (χ0) is 14.1. The Morgan fingerprint density at radius 2 is 1.95 bits per heavy atom. The lowest BCUT2D eigenvalue weighted by molar-refractivity contribution is 0.248. The Balaban J connectivity index is 2.19. The Morgan fingerprint density at radius 1 is 1.20 bits per heavy atom. The van der Waals surface area contributed by atoms with E-state index in [1.54, 1.807) is 23.8 Å². The number of anilines is 2. The van der Waals surface area contributed by atoms with Gasteiger partial charge in [0.2, 0.25) is 0 Å². The average molecular weight is 287 g/mol. The summed E-state index contributed by atoms with van der Waals surface area (Å²) in [6, 6.07) is 13.0. The molecule has 102 valence electrons. The fourth-order valence-corrected chi connectivity index (χ4v) is 3.18. The highest BCUT2D eigenvalue weighted by atomic mass is 32.2. The number of carbonyl (C=O) groups excluding carboxylic acids is 1. The summed E-state index contributed by atoms with van der Waals surface area (Å²) < 4.78 is 5.23. The maximum Gasteiger partial charge on any atom is 0.340 e. The van der Waals surface area contributed by atoms with Gasteiger partial charge in [-0.05, 0) is 24.3 Å². The number of nitrogens with two attached hydrogens (primary N) is 1. The maximum absolute atomic E-state index is 12.1. The molecule has 2 aromatic carbocycles. The topological polar surface area (TPSA) is 67.6 Å². The molecule has 5 nitrogen and oxygen atoms in total. The van der Waals surface area contributed by atoms with Crippen LogP contribution in [0.5, 0.6) is 5.75 Å². The molecule has 0 aliphatic carbocycles. The van der Waals surface area contributed by atoms with Crippen LogP contribution < -0.4 is 20.9 Å².